The molecule has 0 spiro atoms. The van der Waals surface area contributed by atoms with Crippen LogP contribution in [0, 0.1) is 5.92 Å². The first-order valence-corrected chi connectivity index (χ1v) is 9.98. The molecule has 0 aromatic heterocycles. The molecule has 3 heteroatoms. The summed E-state index contributed by atoms with van der Waals surface area (Å²) in [7, 11) is 2.33. The van der Waals surface area contributed by atoms with Crippen LogP contribution in [0.2, 0.25) is 0 Å². The van der Waals surface area contributed by atoms with Gasteiger partial charge in [-0.3, -0.25) is 0 Å². The Balaban J connectivity index is 1.50. The summed E-state index contributed by atoms with van der Waals surface area (Å²) in [6.07, 6.45) is 14.1. The van der Waals surface area contributed by atoms with Crippen LogP contribution in [0.15, 0.2) is 0 Å². The first-order chi connectivity index (χ1) is 10.3. The zero-order valence-electron chi connectivity index (χ0n) is 14.1. The van der Waals surface area contributed by atoms with Gasteiger partial charge in [0.15, 0.2) is 0 Å². The molecule has 2 saturated heterocycles. The quantitative estimate of drug-likeness (QED) is 0.506. The van der Waals surface area contributed by atoms with Crippen LogP contribution in [0.3, 0.4) is 0 Å². The Morgan fingerprint density at radius 3 is 2.38 bits per heavy atom. The number of fused-ring (bicyclic) bond motifs is 1. The Morgan fingerprint density at radius 2 is 1.62 bits per heavy atom. The molecule has 0 aromatic carbocycles. The van der Waals surface area contributed by atoms with E-state index in [0.717, 1.165) is 17.7 Å². The number of hydrogen-bond acceptors (Lipinski definition) is 3. The number of nitrogens with zero attached hydrogens (tertiary/aromatic N) is 2. The summed E-state index contributed by atoms with van der Waals surface area (Å²) in [6.45, 7) is 5.39. The minimum atomic E-state index is 0.891. The highest BCUT2D eigenvalue weighted by Gasteiger charge is 2.33. The second-order valence-electron chi connectivity index (χ2n) is 7.24. The van der Waals surface area contributed by atoms with E-state index < -0.39 is 0 Å². The van der Waals surface area contributed by atoms with Crippen LogP contribution in [0.25, 0.3) is 0 Å². The van der Waals surface area contributed by atoms with Crippen LogP contribution in [0.1, 0.15) is 64.2 Å². The highest BCUT2D eigenvalue weighted by atomic mass is 32.1. The Morgan fingerprint density at radius 1 is 0.905 bits per heavy atom. The lowest BCUT2D eigenvalue weighted by Crippen LogP contribution is -2.52. The SMILES string of the molecule is CN1CCCC2CN(CCCCCCCCCS)CCC21. The van der Waals surface area contributed by atoms with Gasteiger partial charge in [-0.2, -0.15) is 12.6 Å². The van der Waals surface area contributed by atoms with Gasteiger partial charge in [0.25, 0.3) is 0 Å². The van der Waals surface area contributed by atoms with Gasteiger partial charge in [-0.1, -0.05) is 32.1 Å². The molecule has 2 atom stereocenters. The fourth-order valence-corrected chi connectivity index (χ4v) is 4.49. The Bertz CT molecular complexity index is 272. The van der Waals surface area contributed by atoms with Crippen LogP contribution >= 0.6 is 12.6 Å². The summed E-state index contributed by atoms with van der Waals surface area (Å²) >= 11 is 4.27. The molecule has 0 bridgehead atoms. The normalized spacial score (nSPS) is 27.7. The number of likely N-dealkylation sites (tertiary alicyclic amines) is 2. The van der Waals surface area contributed by atoms with E-state index in [0.29, 0.717) is 0 Å². The zero-order chi connectivity index (χ0) is 14.9. The molecule has 0 N–H and O–H groups in total. The first kappa shape index (κ1) is 17.6. The van der Waals surface area contributed by atoms with Crippen molar-refractivity contribution in [3.63, 3.8) is 0 Å². The molecule has 2 unspecified atom stereocenters. The van der Waals surface area contributed by atoms with Crippen molar-refractivity contribution < 1.29 is 0 Å². The standard InChI is InChI=1S/C18H36N2S/c1-19-12-9-10-17-16-20(14-11-18(17)19)13-7-5-3-2-4-6-8-15-21/h17-18,21H,2-16H2,1H3. The van der Waals surface area contributed by atoms with Gasteiger partial charge in [-0.05, 0) is 70.5 Å². The van der Waals surface area contributed by atoms with E-state index in [2.05, 4.69) is 29.5 Å². The number of thiol groups is 1. The maximum Gasteiger partial charge on any atom is 0.0145 e. The fourth-order valence-electron chi connectivity index (χ4n) is 4.26. The van der Waals surface area contributed by atoms with Crippen molar-refractivity contribution in [3.05, 3.63) is 0 Å². The summed E-state index contributed by atoms with van der Waals surface area (Å²) in [5, 5.41) is 0. The minimum Gasteiger partial charge on any atom is -0.303 e. The Kier molecular flexibility index (Phi) is 8.49. The topological polar surface area (TPSA) is 6.48 Å². The highest BCUT2D eigenvalue weighted by Crippen LogP contribution is 2.29. The lowest BCUT2D eigenvalue weighted by Gasteiger charge is -2.46. The molecule has 0 aromatic rings. The van der Waals surface area contributed by atoms with Gasteiger partial charge in [0.2, 0.25) is 0 Å². The average molecular weight is 313 g/mol. The molecule has 21 heavy (non-hydrogen) atoms. The van der Waals surface area contributed by atoms with Gasteiger partial charge in [0.1, 0.15) is 0 Å². The van der Waals surface area contributed by atoms with Crippen LogP contribution < -0.4 is 0 Å². The number of unbranched alkanes of at least 4 members (excludes halogenated alkanes) is 6. The van der Waals surface area contributed by atoms with E-state index in [4.69, 9.17) is 0 Å². The molecule has 0 aliphatic carbocycles. The van der Waals surface area contributed by atoms with Gasteiger partial charge in [-0.15, -0.1) is 0 Å². The van der Waals surface area contributed by atoms with E-state index in [9.17, 15) is 0 Å². The highest BCUT2D eigenvalue weighted by molar-refractivity contribution is 7.80. The molecule has 2 aliphatic rings. The predicted molar refractivity (Wildman–Crippen MR) is 96.4 cm³/mol. The fraction of sp³-hybridized carbons (Fsp3) is 1.00. The molecule has 2 rings (SSSR count). The molecule has 0 radical (unpaired) electrons. The summed E-state index contributed by atoms with van der Waals surface area (Å²) < 4.78 is 0. The van der Waals surface area contributed by atoms with Crippen molar-refractivity contribution in [3.8, 4) is 0 Å². The molecule has 0 amide bonds. The van der Waals surface area contributed by atoms with E-state index in [1.807, 2.05) is 0 Å². The van der Waals surface area contributed by atoms with Crippen molar-refractivity contribution in [2.24, 2.45) is 5.92 Å². The van der Waals surface area contributed by atoms with Gasteiger partial charge in [0.05, 0.1) is 0 Å². The molecular formula is C18H36N2S. The van der Waals surface area contributed by atoms with Crippen molar-refractivity contribution in [1.82, 2.24) is 9.80 Å². The van der Waals surface area contributed by atoms with Crippen LogP contribution in [-0.4, -0.2) is 54.8 Å². The number of piperidine rings is 2. The number of rotatable bonds is 9. The van der Waals surface area contributed by atoms with Gasteiger partial charge >= 0.3 is 0 Å². The second-order valence-corrected chi connectivity index (χ2v) is 7.69. The van der Waals surface area contributed by atoms with Gasteiger partial charge in [0, 0.05) is 12.6 Å². The third kappa shape index (κ3) is 6.11. The largest absolute Gasteiger partial charge is 0.303 e. The maximum absolute atomic E-state index is 4.27. The van der Waals surface area contributed by atoms with E-state index in [1.165, 1.54) is 90.4 Å². The lowest BCUT2D eigenvalue weighted by molar-refractivity contribution is 0.0380. The third-order valence-electron chi connectivity index (χ3n) is 5.56. The van der Waals surface area contributed by atoms with Crippen molar-refractivity contribution in [1.29, 1.82) is 0 Å². The molecule has 0 saturated carbocycles. The van der Waals surface area contributed by atoms with Crippen LogP contribution in [-0.2, 0) is 0 Å². The van der Waals surface area contributed by atoms with Gasteiger partial charge in [-0.25, -0.2) is 0 Å². The average Bonchev–Trinajstić information content (AvgIpc) is 2.50. The third-order valence-corrected chi connectivity index (χ3v) is 5.88. The predicted octanol–water partition coefficient (Wildman–Crippen LogP) is 4.06. The number of hydrogen-bond donors (Lipinski definition) is 1. The monoisotopic (exact) mass is 312 g/mol. The zero-order valence-corrected chi connectivity index (χ0v) is 15.0. The summed E-state index contributed by atoms with van der Waals surface area (Å²) in [6, 6.07) is 0.891. The summed E-state index contributed by atoms with van der Waals surface area (Å²) in [5.74, 6) is 2.02. The first-order valence-electron chi connectivity index (χ1n) is 9.34. The molecule has 2 heterocycles. The minimum absolute atomic E-state index is 0.891. The van der Waals surface area contributed by atoms with Crippen molar-refractivity contribution in [2.45, 2.75) is 70.3 Å². The molecule has 124 valence electrons. The summed E-state index contributed by atoms with van der Waals surface area (Å²) in [5.41, 5.74) is 0. The van der Waals surface area contributed by atoms with E-state index in [1.54, 1.807) is 0 Å². The van der Waals surface area contributed by atoms with E-state index >= 15 is 0 Å². The maximum atomic E-state index is 4.27. The van der Waals surface area contributed by atoms with Crippen LogP contribution in [0.5, 0.6) is 0 Å². The molecule has 2 aliphatic heterocycles. The van der Waals surface area contributed by atoms with E-state index in [-0.39, 0.29) is 0 Å². The molecule has 2 nitrogen and oxygen atoms in total. The van der Waals surface area contributed by atoms with Gasteiger partial charge < -0.3 is 9.80 Å². The smallest absolute Gasteiger partial charge is 0.0145 e. The van der Waals surface area contributed by atoms with Crippen molar-refractivity contribution >= 4 is 12.6 Å². The van der Waals surface area contributed by atoms with Crippen molar-refractivity contribution in [2.75, 3.05) is 39.0 Å². The summed E-state index contributed by atoms with van der Waals surface area (Å²) in [4.78, 5) is 5.37. The Labute approximate surface area is 138 Å². The van der Waals surface area contributed by atoms with Crippen LogP contribution in [0.4, 0.5) is 0 Å². The lowest BCUT2D eigenvalue weighted by atomic mass is 9.84. The molecular weight excluding hydrogens is 276 g/mol. The second kappa shape index (κ2) is 10.1. The Hall–Kier alpha value is 0.270. The molecule has 2 fully saturated rings.